The Morgan fingerprint density at radius 2 is 2.00 bits per heavy atom. The van der Waals surface area contributed by atoms with E-state index >= 15 is 0 Å². The first-order valence-electron chi connectivity index (χ1n) is 8.74. The van der Waals surface area contributed by atoms with Gasteiger partial charge in [-0.1, -0.05) is 13.0 Å². The van der Waals surface area contributed by atoms with Gasteiger partial charge in [0.1, 0.15) is 5.60 Å². The molecule has 0 aliphatic heterocycles. The van der Waals surface area contributed by atoms with Crippen molar-refractivity contribution in [1.82, 2.24) is 16.0 Å². The van der Waals surface area contributed by atoms with E-state index in [9.17, 15) is 4.79 Å². The lowest BCUT2D eigenvalue weighted by Gasteiger charge is -2.19. The fraction of sp³-hybridized carbons (Fsp3) is 0.667. The first-order valence-corrected chi connectivity index (χ1v) is 9.62. The second kappa shape index (κ2) is 11.0. The van der Waals surface area contributed by atoms with E-state index < -0.39 is 5.60 Å². The van der Waals surface area contributed by atoms with Crippen molar-refractivity contribution in [1.29, 1.82) is 0 Å². The Labute approximate surface area is 155 Å². The highest BCUT2D eigenvalue weighted by Gasteiger charge is 2.15. The summed E-state index contributed by atoms with van der Waals surface area (Å²) in [5, 5.41) is 11.5. The first kappa shape index (κ1) is 21.3. The number of hydrogen-bond acceptors (Lipinski definition) is 4. The molecule has 0 aliphatic rings. The van der Waals surface area contributed by atoms with Crippen LogP contribution in [0.4, 0.5) is 4.79 Å². The van der Waals surface area contributed by atoms with Crippen LogP contribution in [0.2, 0.25) is 0 Å². The van der Waals surface area contributed by atoms with Gasteiger partial charge >= 0.3 is 6.09 Å². The van der Waals surface area contributed by atoms with Crippen LogP contribution in [0, 0.1) is 5.92 Å². The van der Waals surface area contributed by atoms with Crippen LogP contribution < -0.4 is 16.0 Å². The van der Waals surface area contributed by atoms with E-state index in [1.165, 1.54) is 4.88 Å². The van der Waals surface area contributed by atoms with E-state index in [0.29, 0.717) is 12.5 Å². The van der Waals surface area contributed by atoms with Gasteiger partial charge in [0.2, 0.25) is 0 Å². The Balaban J connectivity index is 2.12. The summed E-state index contributed by atoms with van der Waals surface area (Å²) in [6.07, 6.45) is 1.49. The number of amides is 1. The third-order valence-electron chi connectivity index (χ3n) is 3.29. The Hall–Kier alpha value is -1.76. The highest BCUT2D eigenvalue weighted by Crippen LogP contribution is 2.13. The van der Waals surface area contributed by atoms with Crippen LogP contribution in [-0.4, -0.2) is 44.3 Å². The lowest BCUT2D eigenvalue weighted by atomic mass is 10.1. The van der Waals surface area contributed by atoms with Gasteiger partial charge in [-0.2, -0.15) is 0 Å². The second-order valence-electron chi connectivity index (χ2n) is 7.05. The van der Waals surface area contributed by atoms with E-state index in [-0.39, 0.29) is 6.09 Å². The largest absolute Gasteiger partial charge is 0.444 e. The van der Waals surface area contributed by atoms with Crippen LogP contribution >= 0.6 is 11.3 Å². The SMILES string of the molecule is CN=C(NCCCNC(=O)OC(C)(C)C)NCC(C)Cc1cccs1. The molecule has 6 nitrogen and oxygen atoms in total. The van der Waals surface area contributed by atoms with E-state index in [0.717, 1.165) is 31.9 Å². The summed E-state index contributed by atoms with van der Waals surface area (Å²) in [6, 6.07) is 4.26. The topological polar surface area (TPSA) is 74.8 Å². The summed E-state index contributed by atoms with van der Waals surface area (Å²) in [5.41, 5.74) is -0.464. The van der Waals surface area contributed by atoms with Crippen molar-refractivity contribution in [2.24, 2.45) is 10.9 Å². The van der Waals surface area contributed by atoms with E-state index in [1.807, 2.05) is 20.8 Å². The first-order chi connectivity index (χ1) is 11.8. The van der Waals surface area contributed by atoms with Gasteiger partial charge in [-0.15, -0.1) is 11.3 Å². The number of aliphatic imine (C=N–C) groups is 1. The number of alkyl carbamates (subject to hydrolysis) is 1. The molecule has 25 heavy (non-hydrogen) atoms. The predicted molar refractivity (Wildman–Crippen MR) is 105 cm³/mol. The average Bonchev–Trinajstić information content (AvgIpc) is 3.01. The zero-order valence-corrected chi connectivity index (χ0v) is 16.8. The minimum Gasteiger partial charge on any atom is -0.444 e. The van der Waals surface area contributed by atoms with Crippen LogP contribution in [-0.2, 0) is 11.2 Å². The number of carbonyl (C=O) groups is 1. The van der Waals surface area contributed by atoms with E-state index in [4.69, 9.17) is 4.74 Å². The molecule has 0 bridgehead atoms. The molecular weight excluding hydrogens is 336 g/mol. The molecule has 0 aliphatic carbocycles. The Morgan fingerprint density at radius 3 is 2.60 bits per heavy atom. The van der Waals surface area contributed by atoms with E-state index in [2.05, 4.69) is 45.4 Å². The minimum atomic E-state index is -0.464. The molecule has 0 radical (unpaired) electrons. The van der Waals surface area contributed by atoms with Crippen molar-refractivity contribution >= 4 is 23.4 Å². The smallest absolute Gasteiger partial charge is 0.407 e. The number of carbonyl (C=O) groups excluding carboxylic acids is 1. The Morgan fingerprint density at radius 1 is 1.28 bits per heavy atom. The van der Waals surface area contributed by atoms with Gasteiger partial charge in [0.25, 0.3) is 0 Å². The van der Waals surface area contributed by atoms with Crippen LogP contribution in [0.3, 0.4) is 0 Å². The van der Waals surface area contributed by atoms with Crippen molar-refractivity contribution < 1.29 is 9.53 Å². The average molecular weight is 369 g/mol. The molecule has 1 heterocycles. The number of guanidine groups is 1. The maximum atomic E-state index is 11.5. The fourth-order valence-electron chi connectivity index (χ4n) is 2.14. The van der Waals surface area contributed by atoms with Gasteiger partial charge in [0, 0.05) is 31.6 Å². The number of hydrogen-bond donors (Lipinski definition) is 3. The summed E-state index contributed by atoms with van der Waals surface area (Å²) in [6.45, 7) is 9.94. The number of rotatable bonds is 8. The summed E-state index contributed by atoms with van der Waals surface area (Å²) in [7, 11) is 1.76. The molecule has 0 spiro atoms. The Kier molecular flexibility index (Phi) is 9.34. The zero-order chi connectivity index (χ0) is 18.7. The van der Waals surface area contributed by atoms with Crippen LogP contribution in [0.5, 0.6) is 0 Å². The van der Waals surface area contributed by atoms with Crippen LogP contribution in [0.1, 0.15) is 39.0 Å². The molecule has 3 N–H and O–H groups in total. The monoisotopic (exact) mass is 368 g/mol. The van der Waals surface area contributed by atoms with Crippen molar-refractivity contribution in [2.75, 3.05) is 26.7 Å². The second-order valence-corrected chi connectivity index (χ2v) is 8.08. The predicted octanol–water partition coefficient (Wildman–Crippen LogP) is 3.01. The van der Waals surface area contributed by atoms with Crippen molar-refractivity contribution in [3.8, 4) is 0 Å². The van der Waals surface area contributed by atoms with Gasteiger partial charge in [-0.05, 0) is 51.0 Å². The van der Waals surface area contributed by atoms with Gasteiger partial charge in [-0.3, -0.25) is 4.99 Å². The molecule has 0 aromatic carbocycles. The maximum Gasteiger partial charge on any atom is 0.407 e. The summed E-state index contributed by atoms with van der Waals surface area (Å²) in [4.78, 5) is 17.2. The molecule has 0 saturated heterocycles. The number of thiophene rings is 1. The van der Waals surface area contributed by atoms with Crippen molar-refractivity contribution in [3.05, 3.63) is 22.4 Å². The molecule has 1 amide bonds. The normalized spacial score (nSPS) is 13.2. The third kappa shape index (κ3) is 10.7. The molecule has 1 aromatic heterocycles. The fourth-order valence-corrected chi connectivity index (χ4v) is 3.01. The third-order valence-corrected chi connectivity index (χ3v) is 4.18. The molecule has 1 unspecified atom stereocenters. The molecule has 1 rings (SSSR count). The zero-order valence-electron chi connectivity index (χ0n) is 16.0. The maximum absolute atomic E-state index is 11.5. The minimum absolute atomic E-state index is 0.377. The number of nitrogens with one attached hydrogen (secondary N) is 3. The highest BCUT2D eigenvalue weighted by molar-refractivity contribution is 7.09. The highest BCUT2D eigenvalue weighted by atomic mass is 32.1. The van der Waals surface area contributed by atoms with Crippen molar-refractivity contribution in [3.63, 3.8) is 0 Å². The number of nitrogens with zero attached hydrogens (tertiary/aromatic N) is 1. The van der Waals surface area contributed by atoms with E-state index in [1.54, 1.807) is 18.4 Å². The van der Waals surface area contributed by atoms with Gasteiger partial charge in [-0.25, -0.2) is 4.79 Å². The standard InChI is InChI=1S/C18H32N4O2S/c1-14(12-15-8-6-11-25-15)13-22-16(19-5)20-9-7-10-21-17(23)24-18(2,3)4/h6,8,11,14H,7,9-10,12-13H2,1-5H3,(H,21,23)(H2,19,20,22). The summed E-state index contributed by atoms with van der Waals surface area (Å²) >= 11 is 1.80. The summed E-state index contributed by atoms with van der Waals surface area (Å²) < 4.78 is 5.19. The molecule has 1 aromatic rings. The Bertz CT molecular complexity index is 524. The van der Waals surface area contributed by atoms with Gasteiger partial charge < -0.3 is 20.7 Å². The van der Waals surface area contributed by atoms with Crippen molar-refractivity contribution in [2.45, 2.75) is 46.1 Å². The summed E-state index contributed by atoms with van der Waals surface area (Å²) in [5.74, 6) is 1.32. The number of ether oxygens (including phenoxy) is 1. The molecule has 142 valence electrons. The molecule has 0 saturated carbocycles. The molecule has 1 atom stereocenters. The lowest BCUT2D eigenvalue weighted by Crippen LogP contribution is -2.41. The molecule has 0 fully saturated rings. The van der Waals surface area contributed by atoms with Gasteiger partial charge in [0.15, 0.2) is 5.96 Å². The lowest BCUT2D eigenvalue weighted by molar-refractivity contribution is 0.0527. The molecular formula is C18H32N4O2S. The molecule has 7 heteroatoms. The quantitative estimate of drug-likeness (QED) is 0.375. The van der Waals surface area contributed by atoms with Crippen LogP contribution in [0.15, 0.2) is 22.5 Å². The van der Waals surface area contributed by atoms with Gasteiger partial charge in [0.05, 0.1) is 0 Å². The van der Waals surface area contributed by atoms with Crippen LogP contribution in [0.25, 0.3) is 0 Å².